The van der Waals surface area contributed by atoms with Gasteiger partial charge in [-0.05, 0) is 56.5 Å². The number of nitrogens with one attached hydrogen (secondary N) is 1. The maximum absolute atomic E-state index is 9.10. The Morgan fingerprint density at radius 1 is 1.36 bits per heavy atom. The molecule has 140 valence electrons. The molecule has 0 heterocycles. The fourth-order valence-corrected chi connectivity index (χ4v) is 1.95. The SMILES string of the molecule is C=CCc1cc(Cl)ccc1OCCCNC(C)CC.O=C(O)C(=O)O. The predicted octanol–water partition coefficient (Wildman–Crippen LogP) is 3.38. The number of hydrogen-bond donors (Lipinski definition) is 3. The molecule has 3 N–H and O–H groups in total. The normalized spacial score (nSPS) is 11.0. The fraction of sp³-hybridized carbons (Fsp3) is 0.444. The maximum atomic E-state index is 9.10. The molecule has 6 nitrogen and oxygen atoms in total. The second kappa shape index (κ2) is 13.3. The molecule has 0 saturated carbocycles. The summed E-state index contributed by atoms with van der Waals surface area (Å²) >= 11 is 5.99. The van der Waals surface area contributed by atoms with Crippen molar-refractivity contribution < 1.29 is 24.5 Å². The number of halogens is 1. The van der Waals surface area contributed by atoms with Crippen molar-refractivity contribution in [3.8, 4) is 5.75 Å². The van der Waals surface area contributed by atoms with E-state index in [4.69, 9.17) is 36.1 Å². The molecule has 1 aromatic carbocycles. The zero-order valence-corrected chi connectivity index (χ0v) is 15.4. The summed E-state index contributed by atoms with van der Waals surface area (Å²) in [6, 6.07) is 6.31. The summed E-state index contributed by atoms with van der Waals surface area (Å²) < 4.78 is 5.81. The first-order valence-electron chi connectivity index (χ1n) is 8.03. The van der Waals surface area contributed by atoms with E-state index in [9.17, 15) is 0 Å². The molecule has 25 heavy (non-hydrogen) atoms. The predicted molar refractivity (Wildman–Crippen MR) is 98.5 cm³/mol. The number of aliphatic carboxylic acids is 2. The molecular formula is C18H26ClNO5. The van der Waals surface area contributed by atoms with Crippen LogP contribution in [0.1, 0.15) is 32.3 Å². The van der Waals surface area contributed by atoms with E-state index in [1.165, 1.54) is 0 Å². The minimum absolute atomic E-state index is 0.576. The van der Waals surface area contributed by atoms with Gasteiger partial charge in [-0.3, -0.25) is 0 Å². The van der Waals surface area contributed by atoms with E-state index in [0.29, 0.717) is 6.04 Å². The lowest BCUT2D eigenvalue weighted by atomic mass is 10.1. The van der Waals surface area contributed by atoms with Crippen LogP contribution < -0.4 is 10.1 Å². The van der Waals surface area contributed by atoms with Crippen molar-refractivity contribution in [2.24, 2.45) is 0 Å². The van der Waals surface area contributed by atoms with Gasteiger partial charge in [0.15, 0.2) is 0 Å². The Morgan fingerprint density at radius 2 is 2.00 bits per heavy atom. The zero-order valence-electron chi connectivity index (χ0n) is 14.6. The van der Waals surface area contributed by atoms with Gasteiger partial charge >= 0.3 is 11.9 Å². The number of ether oxygens (including phenoxy) is 1. The molecule has 1 atom stereocenters. The van der Waals surface area contributed by atoms with Gasteiger partial charge in [0, 0.05) is 11.1 Å². The molecule has 1 rings (SSSR count). The van der Waals surface area contributed by atoms with Crippen LogP contribution in [-0.2, 0) is 16.0 Å². The van der Waals surface area contributed by atoms with E-state index in [2.05, 4.69) is 25.7 Å². The van der Waals surface area contributed by atoms with Crippen molar-refractivity contribution in [1.29, 1.82) is 0 Å². The average Bonchev–Trinajstić information content (AvgIpc) is 2.56. The highest BCUT2D eigenvalue weighted by Crippen LogP contribution is 2.23. The van der Waals surface area contributed by atoms with Gasteiger partial charge < -0.3 is 20.3 Å². The molecule has 0 saturated heterocycles. The summed E-state index contributed by atoms with van der Waals surface area (Å²) in [6.07, 6.45) is 4.80. The standard InChI is InChI=1S/C16H24ClNO.C2H2O4/c1-4-7-14-12-15(17)8-9-16(14)19-11-6-10-18-13(3)5-2;3-1(4)2(5)6/h4,8-9,12-13,18H,1,5-7,10-11H2,2-3H3;(H,3,4)(H,5,6). The van der Waals surface area contributed by atoms with E-state index in [0.717, 1.165) is 48.7 Å². The second-order valence-electron chi connectivity index (χ2n) is 5.32. The van der Waals surface area contributed by atoms with E-state index < -0.39 is 11.9 Å². The van der Waals surface area contributed by atoms with Gasteiger partial charge in [0.25, 0.3) is 0 Å². The Bertz CT molecular complexity index is 550. The average molecular weight is 372 g/mol. The topological polar surface area (TPSA) is 95.9 Å². The van der Waals surface area contributed by atoms with Gasteiger partial charge in [-0.15, -0.1) is 6.58 Å². The molecule has 0 spiro atoms. The van der Waals surface area contributed by atoms with Gasteiger partial charge in [0.05, 0.1) is 6.61 Å². The molecule has 0 fully saturated rings. The molecule has 1 aromatic rings. The Morgan fingerprint density at radius 3 is 2.52 bits per heavy atom. The highest BCUT2D eigenvalue weighted by molar-refractivity contribution is 6.30. The summed E-state index contributed by atoms with van der Waals surface area (Å²) in [4.78, 5) is 18.2. The summed E-state index contributed by atoms with van der Waals surface area (Å²) in [5.41, 5.74) is 1.09. The van der Waals surface area contributed by atoms with Crippen molar-refractivity contribution in [2.45, 2.75) is 39.2 Å². The number of carbonyl (C=O) groups is 2. The van der Waals surface area contributed by atoms with Crippen LogP contribution in [0.25, 0.3) is 0 Å². The number of carboxylic acids is 2. The molecule has 0 aliphatic heterocycles. The smallest absolute Gasteiger partial charge is 0.414 e. The van der Waals surface area contributed by atoms with Crippen LogP contribution in [0.15, 0.2) is 30.9 Å². The monoisotopic (exact) mass is 371 g/mol. The molecule has 0 aromatic heterocycles. The van der Waals surface area contributed by atoms with E-state index in [1.807, 2.05) is 24.3 Å². The Balaban J connectivity index is 0.000000823. The number of hydrogen-bond acceptors (Lipinski definition) is 4. The Hall–Kier alpha value is -2.05. The van der Waals surface area contributed by atoms with Crippen molar-refractivity contribution in [3.63, 3.8) is 0 Å². The van der Waals surface area contributed by atoms with Crippen LogP contribution in [-0.4, -0.2) is 41.3 Å². The lowest BCUT2D eigenvalue weighted by Gasteiger charge is -2.13. The Kier molecular flexibility index (Phi) is 12.2. The summed E-state index contributed by atoms with van der Waals surface area (Å²) in [6.45, 7) is 9.84. The van der Waals surface area contributed by atoms with Crippen LogP contribution in [0.4, 0.5) is 0 Å². The minimum Gasteiger partial charge on any atom is -0.493 e. The van der Waals surface area contributed by atoms with Gasteiger partial charge in [-0.1, -0.05) is 24.6 Å². The first kappa shape index (κ1) is 22.9. The molecule has 0 amide bonds. The summed E-state index contributed by atoms with van der Waals surface area (Å²) in [5, 5.41) is 19.0. The highest BCUT2D eigenvalue weighted by Gasteiger charge is 2.04. The number of allylic oxidation sites excluding steroid dienone is 1. The van der Waals surface area contributed by atoms with Crippen LogP contribution in [0.3, 0.4) is 0 Å². The number of benzene rings is 1. The van der Waals surface area contributed by atoms with Crippen molar-refractivity contribution in [1.82, 2.24) is 5.32 Å². The lowest BCUT2D eigenvalue weighted by Crippen LogP contribution is -2.27. The lowest BCUT2D eigenvalue weighted by molar-refractivity contribution is -0.159. The largest absolute Gasteiger partial charge is 0.493 e. The molecule has 7 heteroatoms. The van der Waals surface area contributed by atoms with Gasteiger partial charge in [0.1, 0.15) is 5.75 Å². The van der Waals surface area contributed by atoms with Crippen molar-refractivity contribution >= 4 is 23.5 Å². The number of carboxylic acid groups (broad SMARTS) is 2. The first-order valence-corrected chi connectivity index (χ1v) is 8.41. The highest BCUT2D eigenvalue weighted by atomic mass is 35.5. The summed E-state index contributed by atoms with van der Waals surface area (Å²) in [7, 11) is 0. The fourth-order valence-electron chi connectivity index (χ4n) is 1.75. The van der Waals surface area contributed by atoms with Crippen molar-refractivity contribution in [3.05, 3.63) is 41.4 Å². The van der Waals surface area contributed by atoms with Crippen LogP contribution >= 0.6 is 11.6 Å². The minimum atomic E-state index is -1.82. The maximum Gasteiger partial charge on any atom is 0.414 e. The van der Waals surface area contributed by atoms with Gasteiger partial charge in [0.2, 0.25) is 0 Å². The molecule has 0 bridgehead atoms. The van der Waals surface area contributed by atoms with E-state index >= 15 is 0 Å². The van der Waals surface area contributed by atoms with Crippen LogP contribution in [0, 0.1) is 0 Å². The molecule has 1 unspecified atom stereocenters. The molecule has 0 aliphatic carbocycles. The third kappa shape index (κ3) is 11.2. The van der Waals surface area contributed by atoms with Gasteiger partial charge in [-0.2, -0.15) is 0 Å². The van der Waals surface area contributed by atoms with E-state index in [1.54, 1.807) is 0 Å². The number of rotatable bonds is 9. The third-order valence-electron chi connectivity index (χ3n) is 3.25. The van der Waals surface area contributed by atoms with Crippen LogP contribution in [0.5, 0.6) is 5.75 Å². The van der Waals surface area contributed by atoms with Gasteiger partial charge in [-0.25, -0.2) is 9.59 Å². The quantitative estimate of drug-likeness (QED) is 0.350. The molecule has 0 radical (unpaired) electrons. The van der Waals surface area contributed by atoms with Crippen molar-refractivity contribution in [2.75, 3.05) is 13.2 Å². The summed E-state index contributed by atoms with van der Waals surface area (Å²) in [5.74, 6) is -2.74. The second-order valence-corrected chi connectivity index (χ2v) is 5.76. The Labute approximate surface area is 153 Å². The van der Waals surface area contributed by atoms with Crippen LogP contribution in [0.2, 0.25) is 5.02 Å². The zero-order chi connectivity index (χ0) is 19.2. The molecule has 0 aliphatic rings. The van der Waals surface area contributed by atoms with E-state index in [-0.39, 0.29) is 0 Å². The third-order valence-corrected chi connectivity index (χ3v) is 3.49. The first-order chi connectivity index (χ1) is 11.8. The molecular weight excluding hydrogens is 346 g/mol.